The Morgan fingerprint density at radius 3 is 2.59 bits per heavy atom. The zero-order valence-corrected chi connectivity index (χ0v) is 17.6. The highest BCUT2D eigenvalue weighted by molar-refractivity contribution is 5.96. The van der Waals surface area contributed by atoms with Gasteiger partial charge in [-0.15, -0.1) is 0 Å². The first-order valence-electron chi connectivity index (χ1n) is 10.0. The number of hydrogen-bond acceptors (Lipinski definition) is 5. The van der Waals surface area contributed by atoms with Crippen molar-refractivity contribution in [2.45, 2.75) is 20.4 Å². The molecular weight excluding hydrogens is 406 g/mol. The van der Waals surface area contributed by atoms with E-state index in [1.165, 1.54) is 12.3 Å². The van der Waals surface area contributed by atoms with Gasteiger partial charge in [0.15, 0.2) is 0 Å². The molecule has 1 amide bonds. The Kier molecular flexibility index (Phi) is 5.81. The van der Waals surface area contributed by atoms with Gasteiger partial charge in [0, 0.05) is 35.5 Å². The number of aromatic carboxylic acids is 1. The van der Waals surface area contributed by atoms with Crippen molar-refractivity contribution in [2.24, 2.45) is 0 Å². The molecule has 0 saturated carbocycles. The number of carbonyl (C=O) groups excluding carboxylic acids is 1. The molecule has 0 unspecified atom stereocenters. The minimum atomic E-state index is -1.11. The summed E-state index contributed by atoms with van der Waals surface area (Å²) >= 11 is 0. The number of rotatable bonds is 6. The van der Waals surface area contributed by atoms with Gasteiger partial charge in [0.1, 0.15) is 17.2 Å². The van der Waals surface area contributed by atoms with Crippen LogP contribution in [0.5, 0.6) is 11.5 Å². The Morgan fingerprint density at radius 1 is 0.969 bits per heavy atom. The zero-order valence-electron chi connectivity index (χ0n) is 17.6. The molecule has 0 aliphatic carbocycles. The quantitative estimate of drug-likeness (QED) is 0.464. The standard InChI is InChI=1S/C25H21N3O4/c1-15-6-7-19-20(12-15)26-11-9-23(19)32-22-5-3-4-18(16(22)2)24(29)28-14-17-8-10-27-21(13-17)25(30)31/h3-13H,14H2,1-2H3,(H,28,29)(H,30,31). The van der Waals surface area contributed by atoms with Crippen LogP contribution in [-0.2, 0) is 6.54 Å². The van der Waals surface area contributed by atoms with Gasteiger partial charge in [0.2, 0.25) is 0 Å². The number of aromatic nitrogens is 2. The molecule has 4 aromatic rings. The van der Waals surface area contributed by atoms with E-state index in [2.05, 4.69) is 15.3 Å². The Morgan fingerprint density at radius 2 is 1.78 bits per heavy atom. The van der Waals surface area contributed by atoms with E-state index in [0.29, 0.717) is 28.2 Å². The van der Waals surface area contributed by atoms with Gasteiger partial charge in [0.05, 0.1) is 5.52 Å². The van der Waals surface area contributed by atoms with Crippen LogP contribution >= 0.6 is 0 Å². The second-order valence-corrected chi connectivity index (χ2v) is 7.40. The summed E-state index contributed by atoms with van der Waals surface area (Å²) in [5.41, 5.74) is 3.71. The maximum absolute atomic E-state index is 12.8. The Balaban J connectivity index is 1.54. The number of hydrogen-bond donors (Lipinski definition) is 2. The molecule has 0 saturated heterocycles. The molecule has 160 valence electrons. The smallest absolute Gasteiger partial charge is 0.354 e. The van der Waals surface area contributed by atoms with E-state index in [1.54, 1.807) is 30.5 Å². The molecular formula is C25H21N3O4. The highest BCUT2D eigenvalue weighted by atomic mass is 16.5. The lowest BCUT2D eigenvalue weighted by Gasteiger charge is -2.14. The number of nitrogens with one attached hydrogen (secondary N) is 1. The van der Waals surface area contributed by atoms with Crippen LogP contribution < -0.4 is 10.1 Å². The van der Waals surface area contributed by atoms with Crippen LogP contribution in [-0.4, -0.2) is 27.0 Å². The molecule has 0 aliphatic heterocycles. The molecule has 0 spiro atoms. The van der Waals surface area contributed by atoms with Crippen molar-refractivity contribution in [1.82, 2.24) is 15.3 Å². The van der Waals surface area contributed by atoms with Crippen molar-refractivity contribution >= 4 is 22.8 Å². The minimum absolute atomic E-state index is 0.0666. The lowest BCUT2D eigenvalue weighted by Crippen LogP contribution is -2.24. The van der Waals surface area contributed by atoms with Crippen molar-refractivity contribution in [1.29, 1.82) is 0 Å². The molecule has 0 aliphatic rings. The molecule has 32 heavy (non-hydrogen) atoms. The van der Waals surface area contributed by atoms with Crippen LogP contribution in [0.3, 0.4) is 0 Å². The largest absolute Gasteiger partial charge is 0.477 e. The highest BCUT2D eigenvalue weighted by Crippen LogP contribution is 2.32. The van der Waals surface area contributed by atoms with Crippen molar-refractivity contribution in [3.63, 3.8) is 0 Å². The molecule has 4 rings (SSSR count). The van der Waals surface area contributed by atoms with E-state index in [0.717, 1.165) is 16.5 Å². The summed E-state index contributed by atoms with van der Waals surface area (Å²) < 4.78 is 6.16. The Labute approximate surface area is 184 Å². The summed E-state index contributed by atoms with van der Waals surface area (Å²) in [5.74, 6) is -0.161. The van der Waals surface area contributed by atoms with Crippen LogP contribution in [0.15, 0.2) is 67.0 Å². The van der Waals surface area contributed by atoms with Crippen LogP contribution in [0.2, 0.25) is 0 Å². The number of aryl methyl sites for hydroxylation is 1. The molecule has 0 radical (unpaired) electrons. The molecule has 7 nitrogen and oxygen atoms in total. The molecule has 2 heterocycles. The third kappa shape index (κ3) is 4.41. The summed E-state index contributed by atoms with van der Waals surface area (Å²) in [4.78, 5) is 32.1. The molecule has 0 atom stereocenters. The van der Waals surface area contributed by atoms with Gasteiger partial charge in [-0.3, -0.25) is 9.78 Å². The predicted octanol–water partition coefficient (Wildman–Crippen LogP) is 4.67. The lowest BCUT2D eigenvalue weighted by molar-refractivity contribution is 0.0690. The van der Waals surface area contributed by atoms with Crippen LogP contribution in [0.1, 0.15) is 37.5 Å². The number of ether oxygens (including phenoxy) is 1. The normalized spacial score (nSPS) is 10.7. The summed E-state index contributed by atoms with van der Waals surface area (Å²) in [7, 11) is 0. The van der Waals surface area contributed by atoms with Crippen molar-refractivity contribution in [3.05, 3.63) is 94.9 Å². The fourth-order valence-corrected chi connectivity index (χ4v) is 3.39. The van der Waals surface area contributed by atoms with E-state index in [-0.39, 0.29) is 18.1 Å². The number of benzene rings is 2. The van der Waals surface area contributed by atoms with Crippen molar-refractivity contribution in [2.75, 3.05) is 0 Å². The fraction of sp³-hybridized carbons (Fsp3) is 0.120. The minimum Gasteiger partial charge on any atom is -0.477 e. The Bertz CT molecular complexity index is 1330. The first kappa shape index (κ1) is 21.0. The van der Waals surface area contributed by atoms with Crippen molar-refractivity contribution in [3.8, 4) is 11.5 Å². The number of nitrogens with zero attached hydrogens (tertiary/aromatic N) is 2. The monoisotopic (exact) mass is 427 g/mol. The summed E-state index contributed by atoms with van der Waals surface area (Å²) in [5, 5.41) is 12.8. The predicted molar refractivity (Wildman–Crippen MR) is 120 cm³/mol. The van der Waals surface area contributed by atoms with Gasteiger partial charge in [0.25, 0.3) is 5.91 Å². The van der Waals surface area contributed by atoms with E-state index in [9.17, 15) is 9.59 Å². The molecule has 0 bridgehead atoms. The SMILES string of the molecule is Cc1ccc2c(Oc3cccc(C(=O)NCc4ccnc(C(=O)O)c4)c3C)ccnc2c1. The number of fused-ring (bicyclic) bond motifs is 1. The van der Waals surface area contributed by atoms with Gasteiger partial charge < -0.3 is 15.2 Å². The number of carboxylic acids is 1. The first-order chi connectivity index (χ1) is 15.4. The summed E-state index contributed by atoms with van der Waals surface area (Å²) in [6.07, 6.45) is 3.11. The topological polar surface area (TPSA) is 101 Å². The average molecular weight is 427 g/mol. The molecule has 2 N–H and O–H groups in total. The van der Waals surface area contributed by atoms with E-state index in [4.69, 9.17) is 9.84 Å². The fourth-order valence-electron chi connectivity index (χ4n) is 3.39. The molecule has 0 fully saturated rings. The lowest BCUT2D eigenvalue weighted by atomic mass is 10.1. The summed E-state index contributed by atoms with van der Waals surface area (Å²) in [6.45, 7) is 4.02. The third-order valence-electron chi connectivity index (χ3n) is 5.10. The second kappa shape index (κ2) is 8.85. The molecule has 2 aromatic carbocycles. The third-order valence-corrected chi connectivity index (χ3v) is 5.10. The van der Waals surface area contributed by atoms with Gasteiger partial charge in [-0.1, -0.05) is 12.1 Å². The molecule has 7 heteroatoms. The van der Waals surface area contributed by atoms with Gasteiger partial charge >= 0.3 is 5.97 Å². The maximum atomic E-state index is 12.8. The number of amides is 1. The number of pyridine rings is 2. The van der Waals surface area contributed by atoms with E-state index < -0.39 is 5.97 Å². The number of carboxylic acid groups (broad SMARTS) is 1. The first-order valence-corrected chi connectivity index (χ1v) is 10.0. The van der Waals surface area contributed by atoms with Crippen LogP contribution in [0.25, 0.3) is 10.9 Å². The average Bonchev–Trinajstić information content (AvgIpc) is 2.79. The van der Waals surface area contributed by atoms with Crippen molar-refractivity contribution < 1.29 is 19.4 Å². The summed E-state index contributed by atoms with van der Waals surface area (Å²) in [6, 6.07) is 16.2. The molecule has 2 aromatic heterocycles. The second-order valence-electron chi connectivity index (χ2n) is 7.40. The maximum Gasteiger partial charge on any atom is 0.354 e. The highest BCUT2D eigenvalue weighted by Gasteiger charge is 2.14. The van der Waals surface area contributed by atoms with Gasteiger partial charge in [-0.2, -0.15) is 0 Å². The van der Waals surface area contributed by atoms with Crippen LogP contribution in [0.4, 0.5) is 0 Å². The number of carbonyl (C=O) groups is 2. The Hall–Kier alpha value is -4.26. The van der Waals surface area contributed by atoms with E-state index in [1.807, 2.05) is 38.1 Å². The van der Waals surface area contributed by atoms with Gasteiger partial charge in [-0.25, -0.2) is 9.78 Å². The van der Waals surface area contributed by atoms with Crippen LogP contribution in [0, 0.1) is 13.8 Å². The van der Waals surface area contributed by atoms with E-state index >= 15 is 0 Å². The zero-order chi connectivity index (χ0) is 22.7. The van der Waals surface area contributed by atoms with Gasteiger partial charge in [-0.05, 0) is 67.4 Å².